The van der Waals surface area contributed by atoms with Crippen LogP contribution in [0.25, 0.3) is 0 Å². The number of pyridine rings is 1. The van der Waals surface area contributed by atoms with E-state index in [0.29, 0.717) is 12.1 Å². The molecule has 4 heteroatoms. The summed E-state index contributed by atoms with van der Waals surface area (Å²) in [7, 11) is 0. The molecule has 2 heterocycles. The van der Waals surface area contributed by atoms with Crippen LogP contribution < -0.4 is 0 Å². The van der Waals surface area contributed by atoms with Crippen LogP contribution in [0.3, 0.4) is 0 Å². The molecule has 1 aromatic carbocycles. The number of carbonyl (C=O) groups is 2. The number of nitrogens with zero attached hydrogens (tertiary/aromatic N) is 2. The Kier molecular flexibility index (Phi) is 4.24. The van der Waals surface area contributed by atoms with Crippen molar-refractivity contribution < 1.29 is 9.59 Å². The standard InChI is InChI=1S/C19H20N2O2/c1-13-5-6-14(2)16(12-13)18(22)17-4-3-11-21(17)19(23)15-7-9-20-10-8-15/h5-10,12,17H,3-4,11H2,1-2H3. The second-order valence-corrected chi connectivity index (χ2v) is 6.08. The molecule has 0 radical (unpaired) electrons. The van der Waals surface area contributed by atoms with E-state index in [4.69, 9.17) is 0 Å². The molecule has 1 aliphatic rings. The maximum atomic E-state index is 13.0. The number of amides is 1. The van der Waals surface area contributed by atoms with E-state index >= 15 is 0 Å². The molecular weight excluding hydrogens is 288 g/mol. The molecule has 3 rings (SSSR count). The van der Waals surface area contributed by atoms with Crippen LogP contribution in [-0.4, -0.2) is 34.2 Å². The summed E-state index contributed by atoms with van der Waals surface area (Å²) in [5.41, 5.74) is 3.33. The molecule has 1 atom stereocenters. The number of likely N-dealkylation sites (tertiary alicyclic amines) is 1. The summed E-state index contributed by atoms with van der Waals surface area (Å²) in [4.78, 5) is 31.3. The van der Waals surface area contributed by atoms with Gasteiger partial charge in [-0.15, -0.1) is 0 Å². The first-order valence-corrected chi connectivity index (χ1v) is 7.90. The first kappa shape index (κ1) is 15.4. The van der Waals surface area contributed by atoms with Crippen LogP contribution in [-0.2, 0) is 0 Å². The fraction of sp³-hybridized carbons (Fsp3) is 0.316. The average molecular weight is 308 g/mol. The predicted octanol–water partition coefficient (Wildman–Crippen LogP) is 3.19. The largest absolute Gasteiger partial charge is 0.328 e. The van der Waals surface area contributed by atoms with E-state index in [0.717, 1.165) is 29.5 Å². The molecule has 1 aliphatic heterocycles. The van der Waals surface area contributed by atoms with E-state index in [2.05, 4.69) is 4.98 Å². The Hall–Kier alpha value is -2.49. The predicted molar refractivity (Wildman–Crippen MR) is 88.5 cm³/mol. The normalized spacial score (nSPS) is 17.3. The van der Waals surface area contributed by atoms with Crippen molar-refractivity contribution in [3.63, 3.8) is 0 Å². The van der Waals surface area contributed by atoms with Gasteiger partial charge in [0.1, 0.15) is 0 Å². The molecule has 1 amide bonds. The van der Waals surface area contributed by atoms with Crippen molar-refractivity contribution in [1.29, 1.82) is 0 Å². The summed E-state index contributed by atoms with van der Waals surface area (Å²) in [5.74, 6) is -0.0420. The molecular formula is C19H20N2O2. The summed E-state index contributed by atoms with van der Waals surface area (Å²) in [6, 6.07) is 8.91. The number of hydrogen-bond donors (Lipinski definition) is 0. The van der Waals surface area contributed by atoms with Gasteiger partial charge in [-0.3, -0.25) is 14.6 Å². The van der Waals surface area contributed by atoms with E-state index < -0.39 is 0 Å². The second kappa shape index (κ2) is 6.32. The van der Waals surface area contributed by atoms with Crippen LogP contribution in [0.4, 0.5) is 0 Å². The van der Waals surface area contributed by atoms with Gasteiger partial charge in [-0.05, 0) is 50.5 Å². The number of Topliss-reactive ketones (excluding diaryl/α,β-unsaturated/α-hetero) is 1. The third-order valence-corrected chi connectivity index (χ3v) is 4.40. The zero-order valence-corrected chi connectivity index (χ0v) is 13.5. The van der Waals surface area contributed by atoms with Gasteiger partial charge in [-0.2, -0.15) is 0 Å². The Labute approximate surface area is 136 Å². The van der Waals surface area contributed by atoms with Crippen LogP contribution in [0.2, 0.25) is 0 Å². The van der Waals surface area contributed by atoms with E-state index in [9.17, 15) is 9.59 Å². The minimum atomic E-state index is -0.365. The Morgan fingerprint density at radius 1 is 1.13 bits per heavy atom. The third-order valence-electron chi connectivity index (χ3n) is 4.40. The second-order valence-electron chi connectivity index (χ2n) is 6.08. The molecule has 0 N–H and O–H groups in total. The van der Waals surface area contributed by atoms with Crippen LogP contribution in [0, 0.1) is 13.8 Å². The number of benzene rings is 1. The molecule has 1 aromatic heterocycles. The lowest BCUT2D eigenvalue weighted by Crippen LogP contribution is -2.40. The number of ketones is 1. The Morgan fingerprint density at radius 2 is 1.87 bits per heavy atom. The van der Waals surface area contributed by atoms with Crippen molar-refractivity contribution in [3.05, 3.63) is 65.0 Å². The van der Waals surface area contributed by atoms with Crippen LogP contribution in [0.1, 0.15) is 44.7 Å². The van der Waals surface area contributed by atoms with Crippen molar-refractivity contribution in [2.75, 3.05) is 6.54 Å². The smallest absolute Gasteiger partial charge is 0.254 e. The van der Waals surface area contributed by atoms with Gasteiger partial charge >= 0.3 is 0 Å². The molecule has 4 nitrogen and oxygen atoms in total. The fourth-order valence-corrected chi connectivity index (χ4v) is 3.12. The zero-order valence-electron chi connectivity index (χ0n) is 13.5. The van der Waals surface area contributed by atoms with E-state index in [1.807, 2.05) is 32.0 Å². The SMILES string of the molecule is Cc1ccc(C)c(C(=O)C2CCCN2C(=O)c2ccncc2)c1. The Bertz CT molecular complexity index is 740. The molecule has 0 saturated carbocycles. The van der Waals surface area contributed by atoms with Crippen molar-refractivity contribution in [3.8, 4) is 0 Å². The molecule has 23 heavy (non-hydrogen) atoms. The van der Waals surface area contributed by atoms with Gasteiger partial charge in [-0.1, -0.05) is 17.7 Å². The molecule has 0 spiro atoms. The Balaban J connectivity index is 1.88. The molecule has 1 unspecified atom stereocenters. The van der Waals surface area contributed by atoms with Gasteiger partial charge in [0.2, 0.25) is 0 Å². The maximum Gasteiger partial charge on any atom is 0.254 e. The summed E-state index contributed by atoms with van der Waals surface area (Å²) >= 11 is 0. The lowest BCUT2D eigenvalue weighted by molar-refractivity contribution is 0.0671. The van der Waals surface area contributed by atoms with Crippen LogP contribution in [0.15, 0.2) is 42.7 Å². The minimum absolute atomic E-state index is 0.0473. The molecule has 0 aliphatic carbocycles. The van der Waals surface area contributed by atoms with Crippen molar-refractivity contribution in [2.45, 2.75) is 32.7 Å². The molecule has 1 fully saturated rings. The quantitative estimate of drug-likeness (QED) is 0.818. The summed E-state index contributed by atoms with van der Waals surface area (Å²) < 4.78 is 0. The van der Waals surface area contributed by atoms with Crippen molar-refractivity contribution in [2.24, 2.45) is 0 Å². The van der Waals surface area contributed by atoms with Gasteiger partial charge in [0.15, 0.2) is 5.78 Å². The van der Waals surface area contributed by atoms with Gasteiger partial charge in [-0.25, -0.2) is 0 Å². The van der Waals surface area contributed by atoms with Gasteiger partial charge in [0.05, 0.1) is 6.04 Å². The van der Waals surface area contributed by atoms with Gasteiger partial charge in [0.25, 0.3) is 5.91 Å². The lowest BCUT2D eigenvalue weighted by Gasteiger charge is -2.24. The summed E-state index contributed by atoms with van der Waals surface area (Å²) in [6.45, 7) is 4.55. The number of aromatic nitrogens is 1. The van der Waals surface area contributed by atoms with Crippen molar-refractivity contribution >= 4 is 11.7 Å². The first-order chi connectivity index (χ1) is 11.1. The number of aryl methyl sites for hydroxylation is 2. The minimum Gasteiger partial charge on any atom is -0.328 e. The molecule has 2 aromatic rings. The first-order valence-electron chi connectivity index (χ1n) is 7.90. The van der Waals surface area contributed by atoms with E-state index in [1.165, 1.54) is 0 Å². The van der Waals surface area contributed by atoms with E-state index in [-0.39, 0.29) is 17.7 Å². The lowest BCUT2D eigenvalue weighted by atomic mass is 9.96. The highest BCUT2D eigenvalue weighted by Gasteiger charge is 2.35. The highest BCUT2D eigenvalue weighted by Crippen LogP contribution is 2.25. The zero-order chi connectivity index (χ0) is 16.4. The topological polar surface area (TPSA) is 50.3 Å². The van der Waals surface area contributed by atoms with Gasteiger partial charge < -0.3 is 4.90 Å². The van der Waals surface area contributed by atoms with Crippen molar-refractivity contribution in [1.82, 2.24) is 9.88 Å². The highest BCUT2D eigenvalue weighted by molar-refractivity contribution is 6.05. The van der Waals surface area contributed by atoms with Gasteiger partial charge in [0, 0.05) is 30.1 Å². The monoisotopic (exact) mass is 308 g/mol. The summed E-state index contributed by atoms with van der Waals surface area (Å²) in [5, 5.41) is 0. The number of hydrogen-bond acceptors (Lipinski definition) is 3. The molecule has 118 valence electrons. The highest BCUT2D eigenvalue weighted by atomic mass is 16.2. The van der Waals surface area contributed by atoms with Crippen LogP contribution >= 0.6 is 0 Å². The molecule has 1 saturated heterocycles. The number of carbonyl (C=O) groups excluding carboxylic acids is 2. The third kappa shape index (κ3) is 3.02. The average Bonchev–Trinajstić information content (AvgIpc) is 3.06. The van der Waals surface area contributed by atoms with E-state index in [1.54, 1.807) is 29.4 Å². The number of rotatable bonds is 3. The summed E-state index contributed by atoms with van der Waals surface area (Å²) in [6.07, 6.45) is 4.79. The Morgan fingerprint density at radius 3 is 2.61 bits per heavy atom. The fourth-order valence-electron chi connectivity index (χ4n) is 3.12. The van der Waals surface area contributed by atoms with Crippen LogP contribution in [0.5, 0.6) is 0 Å². The maximum absolute atomic E-state index is 13.0. The molecule has 0 bridgehead atoms.